The molecule has 3 heterocycles. The molecule has 92 valence electrons. The van der Waals surface area contributed by atoms with Crippen molar-refractivity contribution in [3.05, 3.63) is 16.0 Å². The van der Waals surface area contributed by atoms with Gasteiger partial charge in [0.15, 0.2) is 0 Å². The molecule has 1 aromatic heterocycles. The van der Waals surface area contributed by atoms with E-state index in [0.29, 0.717) is 18.1 Å². The summed E-state index contributed by atoms with van der Waals surface area (Å²) in [6, 6.07) is 2.02. The number of piperidine rings is 1. The number of nitrogens with one attached hydrogen (secondary N) is 1. The van der Waals surface area contributed by atoms with Gasteiger partial charge in [-0.3, -0.25) is 0 Å². The number of aromatic nitrogens is 2. The molecule has 2 saturated heterocycles. The smallest absolute Gasteiger partial charge is 0.225 e. The highest BCUT2D eigenvalue weighted by molar-refractivity contribution is 14.1. The Labute approximate surface area is 115 Å². The molecule has 0 aliphatic carbocycles. The van der Waals surface area contributed by atoms with Crippen molar-refractivity contribution in [3.63, 3.8) is 0 Å². The number of halogens is 1. The Kier molecular flexibility index (Phi) is 3.21. The normalized spacial score (nSPS) is 31.5. The van der Waals surface area contributed by atoms with Crippen LogP contribution in [-0.4, -0.2) is 35.1 Å². The molecule has 1 aromatic rings. The first-order valence-electron chi connectivity index (χ1n) is 6.19. The van der Waals surface area contributed by atoms with Gasteiger partial charge in [-0.15, -0.1) is 0 Å². The van der Waals surface area contributed by atoms with Gasteiger partial charge in [-0.05, 0) is 48.3 Å². The lowest BCUT2D eigenvalue weighted by molar-refractivity contribution is 0.352. The van der Waals surface area contributed by atoms with Crippen LogP contribution in [-0.2, 0) is 0 Å². The van der Waals surface area contributed by atoms with Gasteiger partial charge >= 0.3 is 0 Å². The van der Waals surface area contributed by atoms with Gasteiger partial charge in [-0.25, -0.2) is 9.97 Å². The maximum atomic E-state index is 4.41. The maximum Gasteiger partial charge on any atom is 0.225 e. The molecule has 2 aliphatic rings. The van der Waals surface area contributed by atoms with Crippen LogP contribution in [0.2, 0.25) is 0 Å². The fourth-order valence-electron chi connectivity index (χ4n) is 2.99. The first kappa shape index (κ1) is 11.6. The summed E-state index contributed by atoms with van der Waals surface area (Å²) in [5.74, 6) is 0.858. The van der Waals surface area contributed by atoms with E-state index in [0.717, 1.165) is 9.52 Å². The van der Waals surface area contributed by atoms with Gasteiger partial charge in [0.1, 0.15) is 0 Å². The maximum absolute atomic E-state index is 4.41. The lowest BCUT2D eigenvalue weighted by Gasteiger charge is -2.35. The van der Waals surface area contributed by atoms with E-state index in [1.54, 1.807) is 0 Å². The van der Waals surface area contributed by atoms with Crippen molar-refractivity contribution >= 4 is 28.5 Å². The largest absolute Gasteiger partial charge is 0.341 e. The third-order valence-corrected chi connectivity index (χ3v) is 4.48. The second kappa shape index (κ2) is 4.68. The molecule has 2 unspecified atom stereocenters. The molecule has 3 rings (SSSR count). The minimum atomic E-state index is 0.591. The standard InChI is InChI=1S/C12H17IN4/c1-17(12-14-6-8(13)7-15-12)11-4-9-2-3-10(5-11)16-9/h6-7,9-11,16H,2-5H2,1H3. The van der Waals surface area contributed by atoms with Crippen LogP contribution in [0, 0.1) is 3.57 Å². The summed E-state index contributed by atoms with van der Waals surface area (Å²) in [5.41, 5.74) is 0. The zero-order valence-corrected chi connectivity index (χ0v) is 12.1. The zero-order chi connectivity index (χ0) is 11.8. The lowest BCUT2D eigenvalue weighted by atomic mass is 9.99. The van der Waals surface area contributed by atoms with E-state index in [2.05, 4.69) is 49.8 Å². The molecule has 0 amide bonds. The highest BCUT2D eigenvalue weighted by atomic mass is 127. The van der Waals surface area contributed by atoms with E-state index < -0.39 is 0 Å². The lowest BCUT2D eigenvalue weighted by Crippen LogP contribution is -2.47. The van der Waals surface area contributed by atoms with Crippen LogP contribution >= 0.6 is 22.6 Å². The van der Waals surface area contributed by atoms with Crippen molar-refractivity contribution in [2.75, 3.05) is 11.9 Å². The van der Waals surface area contributed by atoms with Gasteiger partial charge in [0.25, 0.3) is 0 Å². The topological polar surface area (TPSA) is 41.1 Å². The quantitative estimate of drug-likeness (QED) is 0.831. The summed E-state index contributed by atoms with van der Waals surface area (Å²) < 4.78 is 1.09. The molecule has 2 aliphatic heterocycles. The van der Waals surface area contributed by atoms with Crippen LogP contribution < -0.4 is 10.2 Å². The van der Waals surface area contributed by atoms with E-state index in [4.69, 9.17) is 0 Å². The molecule has 0 radical (unpaired) electrons. The van der Waals surface area contributed by atoms with Gasteiger partial charge in [-0.1, -0.05) is 0 Å². The van der Waals surface area contributed by atoms with E-state index in [-0.39, 0.29) is 0 Å². The summed E-state index contributed by atoms with van der Waals surface area (Å²) in [7, 11) is 2.12. The van der Waals surface area contributed by atoms with Crippen LogP contribution in [0.25, 0.3) is 0 Å². The number of nitrogens with zero attached hydrogens (tertiary/aromatic N) is 3. The molecule has 17 heavy (non-hydrogen) atoms. The highest BCUT2D eigenvalue weighted by Gasteiger charge is 2.35. The number of hydrogen-bond donors (Lipinski definition) is 1. The van der Waals surface area contributed by atoms with E-state index in [9.17, 15) is 0 Å². The molecule has 0 spiro atoms. The number of rotatable bonds is 2. The summed E-state index contributed by atoms with van der Waals surface area (Å²) in [6.07, 6.45) is 8.89. The van der Waals surface area contributed by atoms with Gasteiger partial charge in [0.05, 0.1) is 0 Å². The van der Waals surface area contributed by atoms with Crippen molar-refractivity contribution < 1.29 is 0 Å². The van der Waals surface area contributed by atoms with E-state index >= 15 is 0 Å². The van der Waals surface area contributed by atoms with E-state index in [1.807, 2.05) is 12.4 Å². The molecule has 5 heteroatoms. The fraction of sp³-hybridized carbons (Fsp3) is 0.667. The monoisotopic (exact) mass is 344 g/mol. The zero-order valence-electron chi connectivity index (χ0n) is 9.93. The Morgan fingerprint density at radius 1 is 1.24 bits per heavy atom. The number of hydrogen-bond acceptors (Lipinski definition) is 4. The second-order valence-corrected chi connectivity index (χ2v) is 6.32. The van der Waals surface area contributed by atoms with Crippen molar-refractivity contribution in [3.8, 4) is 0 Å². The summed E-state index contributed by atoms with van der Waals surface area (Å²) in [6.45, 7) is 0. The third kappa shape index (κ3) is 2.40. The summed E-state index contributed by atoms with van der Waals surface area (Å²) in [5, 5.41) is 3.67. The molecule has 2 atom stereocenters. The molecule has 2 bridgehead atoms. The van der Waals surface area contributed by atoms with Gasteiger partial charge in [-0.2, -0.15) is 0 Å². The first-order chi connectivity index (χ1) is 8.22. The summed E-state index contributed by atoms with van der Waals surface area (Å²) in [4.78, 5) is 11.1. The molecular formula is C12H17IN4. The molecule has 0 aromatic carbocycles. The fourth-order valence-corrected chi connectivity index (χ4v) is 3.27. The predicted octanol–water partition coefficient (Wildman–Crippen LogP) is 1.80. The highest BCUT2D eigenvalue weighted by Crippen LogP contribution is 2.30. The van der Waals surface area contributed by atoms with Gasteiger partial charge in [0, 0.05) is 41.1 Å². The van der Waals surface area contributed by atoms with Crippen LogP contribution in [0.5, 0.6) is 0 Å². The molecule has 0 saturated carbocycles. The van der Waals surface area contributed by atoms with Gasteiger partial charge in [0.2, 0.25) is 5.95 Å². The van der Waals surface area contributed by atoms with Crippen molar-refractivity contribution in [2.24, 2.45) is 0 Å². The Hall–Kier alpha value is -0.430. The first-order valence-corrected chi connectivity index (χ1v) is 7.26. The van der Waals surface area contributed by atoms with Crippen LogP contribution in [0.3, 0.4) is 0 Å². The molecule has 2 fully saturated rings. The van der Waals surface area contributed by atoms with Crippen LogP contribution in [0.1, 0.15) is 25.7 Å². The number of fused-ring (bicyclic) bond motifs is 2. The van der Waals surface area contributed by atoms with Crippen LogP contribution in [0.15, 0.2) is 12.4 Å². The van der Waals surface area contributed by atoms with Gasteiger partial charge < -0.3 is 10.2 Å². The average molecular weight is 344 g/mol. The Bertz CT molecular complexity index is 382. The predicted molar refractivity (Wildman–Crippen MR) is 76.1 cm³/mol. The molecule has 4 nitrogen and oxygen atoms in total. The Morgan fingerprint density at radius 3 is 2.41 bits per heavy atom. The SMILES string of the molecule is CN(c1ncc(I)cn1)C1CC2CCC(C1)N2. The summed E-state index contributed by atoms with van der Waals surface area (Å²) >= 11 is 2.24. The van der Waals surface area contributed by atoms with Crippen molar-refractivity contribution in [1.82, 2.24) is 15.3 Å². The average Bonchev–Trinajstić information content (AvgIpc) is 2.68. The Balaban J connectivity index is 1.73. The minimum Gasteiger partial charge on any atom is -0.341 e. The molecule has 1 N–H and O–H groups in total. The van der Waals surface area contributed by atoms with Crippen LogP contribution in [0.4, 0.5) is 5.95 Å². The second-order valence-electron chi connectivity index (χ2n) is 5.08. The number of anilines is 1. The molecular weight excluding hydrogens is 327 g/mol. The van der Waals surface area contributed by atoms with E-state index in [1.165, 1.54) is 25.7 Å². The van der Waals surface area contributed by atoms with Crippen molar-refractivity contribution in [2.45, 2.75) is 43.8 Å². The minimum absolute atomic E-state index is 0.591. The third-order valence-electron chi connectivity index (χ3n) is 3.92. The van der Waals surface area contributed by atoms with Crippen molar-refractivity contribution in [1.29, 1.82) is 0 Å². The Morgan fingerprint density at radius 2 is 1.82 bits per heavy atom.